The minimum atomic E-state index is -5.08. The van der Waals surface area contributed by atoms with Crippen LogP contribution in [0.1, 0.15) is 17.3 Å². The van der Waals surface area contributed by atoms with Gasteiger partial charge in [0.1, 0.15) is 11.4 Å². The molecular weight excluding hydrogens is 482 g/mol. The van der Waals surface area contributed by atoms with Crippen LogP contribution in [0, 0.1) is 17.7 Å². The molecule has 14 heteroatoms. The summed E-state index contributed by atoms with van der Waals surface area (Å²) in [6, 6.07) is 4.50. The Balaban J connectivity index is 0.000000540. The Labute approximate surface area is 196 Å². The molecule has 2 aliphatic rings. The van der Waals surface area contributed by atoms with E-state index in [2.05, 4.69) is 5.32 Å². The largest absolute Gasteiger partial charge is 0.490 e. The fourth-order valence-electron chi connectivity index (χ4n) is 4.16. The van der Waals surface area contributed by atoms with Gasteiger partial charge in [0.2, 0.25) is 11.8 Å². The van der Waals surface area contributed by atoms with E-state index in [9.17, 15) is 36.7 Å². The van der Waals surface area contributed by atoms with E-state index in [1.165, 1.54) is 50.2 Å². The lowest BCUT2D eigenvalue weighted by Gasteiger charge is -2.29. The molecule has 2 aliphatic heterocycles. The number of nitrogens with one attached hydrogen (secondary N) is 1. The summed E-state index contributed by atoms with van der Waals surface area (Å²) >= 11 is 0. The Morgan fingerprint density at radius 1 is 1.17 bits per heavy atom. The van der Waals surface area contributed by atoms with Gasteiger partial charge in [-0.1, -0.05) is 0 Å². The summed E-state index contributed by atoms with van der Waals surface area (Å²) in [4.78, 5) is 61.5. The molecule has 0 bridgehead atoms. The summed E-state index contributed by atoms with van der Waals surface area (Å²) in [5, 5.41) is 10.2. The SMILES string of the molecule is COC(=O)[C@]1(C)N[C@H](CN(C)C(=O)c2ccc(F)cc2)[C@@H]2C(=O)N(C)C(=O)[C@@H]21.O=C(O)C(F)(F)F. The highest BCUT2D eigenvalue weighted by atomic mass is 19.4. The van der Waals surface area contributed by atoms with Gasteiger partial charge in [0.15, 0.2) is 0 Å². The number of halogens is 4. The van der Waals surface area contributed by atoms with Gasteiger partial charge in [-0.05, 0) is 31.2 Å². The monoisotopic (exact) mass is 505 g/mol. The number of rotatable bonds is 4. The van der Waals surface area contributed by atoms with Crippen molar-refractivity contribution in [1.82, 2.24) is 15.1 Å². The van der Waals surface area contributed by atoms with E-state index in [1.54, 1.807) is 7.05 Å². The van der Waals surface area contributed by atoms with Gasteiger partial charge < -0.3 is 14.7 Å². The average Bonchev–Trinajstić information content (AvgIpc) is 3.21. The molecule has 2 fully saturated rings. The molecule has 35 heavy (non-hydrogen) atoms. The molecule has 1 aromatic rings. The van der Waals surface area contributed by atoms with Crippen LogP contribution >= 0.6 is 0 Å². The van der Waals surface area contributed by atoms with Crippen molar-refractivity contribution in [3.63, 3.8) is 0 Å². The van der Waals surface area contributed by atoms with Crippen LogP contribution in [0.2, 0.25) is 0 Å². The Morgan fingerprint density at radius 3 is 2.14 bits per heavy atom. The van der Waals surface area contributed by atoms with E-state index >= 15 is 0 Å². The van der Waals surface area contributed by atoms with Crippen molar-refractivity contribution in [2.45, 2.75) is 24.7 Å². The maximum Gasteiger partial charge on any atom is 0.490 e. The maximum absolute atomic E-state index is 13.1. The smallest absolute Gasteiger partial charge is 0.475 e. The first-order chi connectivity index (χ1) is 16.1. The van der Waals surface area contributed by atoms with Crippen LogP contribution in [0.15, 0.2) is 24.3 Å². The predicted octanol–water partition coefficient (Wildman–Crippen LogP) is 0.666. The minimum absolute atomic E-state index is 0.0802. The first-order valence-electron chi connectivity index (χ1n) is 10.0. The van der Waals surface area contributed by atoms with Gasteiger partial charge in [-0.25, -0.2) is 9.18 Å². The third kappa shape index (κ3) is 5.42. The number of nitrogens with zero attached hydrogens (tertiary/aromatic N) is 2. The number of amides is 3. The Hall–Kier alpha value is -3.55. The zero-order valence-corrected chi connectivity index (χ0v) is 19.1. The van der Waals surface area contributed by atoms with Crippen LogP contribution in [-0.4, -0.2) is 90.1 Å². The van der Waals surface area contributed by atoms with E-state index in [1.807, 2.05) is 0 Å². The summed E-state index contributed by atoms with van der Waals surface area (Å²) < 4.78 is 49.7. The number of carboxylic acids is 1. The second-order valence-corrected chi connectivity index (χ2v) is 8.18. The standard InChI is InChI=1S/C19H22FN3O5.C2HF3O2/c1-19(18(27)28-4)14-13(16(25)23(3)17(14)26)12(21-19)9-22(2)15(24)10-5-7-11(20)8-6-10;3-2(4,5)1(6)7/h5-8,12-14,21H,9H2,1-4H3;(H,6,7)/t12-,13+,14-,19-;/m1./s1. The number of carboxylic acid groups (broad SMARTS) is 1. The zero-order chi connectivity index (χ0) is 26.9. The number of hydrogen-bond acceptors (Lipinski definition) is 7. The highest BCUT2D eigenvalue weighted by Crippen LogP contribution is 2.43. The van der Waals surface area contributed by atoms with Crippen molar-refractivity contribution >= 4 is 29.7 Å². The third-order valence-electron chi connectivity index (χ3n) is 5.87. The first kappa shape index (κ1) is 27.7. The van der Waals surface area contributed by atoms with Crippen LogP contribution in [-0.2, 0) is 23.9 Å². The number of benzene rings is 1. The third-order valence-corrected chi connectivity index (χ3v) is 5.87. The number of fused-ring (bicyclic) bond motifs is 1. The molecule has 0 aromatic heterocycles. The van der Waals surface area contributed by atoms with Crippen LogP contribution in [0.5, 0.6) is 0 Å². The van der Waals surface area contributed by atoms with Gasteiger partial charge in [-0.2, -0.15) is 13.2 Å². The van der Waals surface area contributed by atoms with Crippen LogP contribution in [0.3, 0.4) is 0 Å². The molecule has 1 aromatic carbocycles. The van der Waals surface area contributed by atoms with Gasteiger partial charge in [0.25, 0.3) is 5.91 Å². The number of likely N-dealkylation sites (N-methyl/N-ethyl adjacent to an activating group) is 1. The second-order valence-electron chi connectivity index (χ2n) is 8.18. The predicted molar refractivity (Wildman–Crippen MR) is 109 cm³/mol. The number of carbonyl (C=O) groups is 5. The maximum atomic E-state index is 13.1. The number of carbonyl (C=O) groups excluding carboxylic acids is 4. The topological polar surface area (TPSA) is 133 Å². The summed E-state index contributed by atoms with van der Waals surface area (Å²) in [5.41, 5.74) is -1.08. The number of hydrogen-bond donors (Lipinski definition) is 2. The highest BCUT2D eigenvalue weighted by molar-refractivity contribution is 6.09. The molecule has 0 spiro atoms. The molecule has 0 saturated carbocycles. The Morgan fingerprint density at radius 2 is 1.69 bits per heavy atom. The van der Waals surface area contributed by atoms with Gasteiger partial charge in [0.05, 0.1) is 18.9 Å². The normalized spacial score (nSPS) is 25.5. The lowest BCUT2D eigenvalue weighted by Crippen LogP contribution is -2.56. The lowest BCUT2D eigenvalue weighted by molar-refractivity contribution is -0.192. The van der Waals surface area contributed by atoms with Gasteiger partial charge in [-0.15, -0.1) is 0 Å². The Bertz CT molecular complexity index is 1030. The summed E-state index contributed by atoms with van der Waals surface area (Å²) in [5.74, 6) is -6.77. The number of likely N-dealkylation sites (tertiary alicyclic amines) is 1. The number of esters is 1. The number of imide groups is 1. The van der Waals surface area contributed by atoms with Crippen LogP contribution < -0.4 is 5.32 Å². The zero-order valence-electron chi connectivity index (χ0n) is 19.1. The molecular formula is C21H23F4N3O7. The van der Waals surface area contributed by atoms with Crippen molar-refractivity contribution < 1.29 is 51.4 Å². The molecule has 0 radical (unpaired) electrons. The lowest BCUT2D eigenvalue weighted by atomic mass is 9.81. The minimum Gasteiger partial charge on any atom is -0.475 e. The number of aliphatic carboxylic acids is 1. The van der Waals surface area contributed by atoms with Crippen molar-refractivity contribution in [3.05, 3.63) is 35.6 Å². The van der Waals surface area contributed by atoms with Crippen molar-refractivity contribution in [2.24, 2.45) is 11.8 Å². The van der Waals surface area contributed by atoms with Gasteiger partial charge in [-0.3, -0.25) is 29.4 Å². The molecule has 2 saturated heterocycles. The van der Waals surface area contributed by atoms with Crippen molar-refractivity contribution in [2.75, 3.05) is 27.7 Å². The summed E-state index contributed by atoms with van der Waals surface area (Å²) in [6.07, 6.45) is -5.08. The van der Waals surface area contributed by atoms with E-state index in [0.717, 1.165) is 4.90 Å². The second kappa shape index (κ2) is 9.98. The highest BCUT2D eigenvalue weighted by Gasteiger charge is 2.66. The van der Waals surface area contributed by atoms with E-state index in [-0.39, 0.29) is 12.5 Å². The van der Waals surface area contributed by atoms with Crippen molar-refractivity contribution in [1.29, 1.82) is 0 Å². The van der Waals surface area contributed by atoms with E-state index < -0.39 is 59.2 Å². The molecule has 192 valence electrons. The van der Waals surface area contributed by atoms with Crippen molar-refractivity contribution in [3.8, 4) is 0 Å². The fourth-order valence-corrected chi connectivity index (χ4v) is 4.16. The van der Waals surface area contributed by atoms with Crippen LogP contribution in [0.4, 0.5) is 17.6 Å². The molecule has 4 atom stereocenters. The number of ether oxygens (including phenoxy) is 1. The fraction of sp³-hybridized carbons (Fsp3) is 0.476. The molecule has 3 rings (SSSR count). The molecule has 0 aliphatic carbocycles. The van der Waals surface area contributed by atoms with Gasteiger partial charge >= 0.3 is 18.1 Å². The molecule has 10 nitrogen and oxygen atoms in total. The van der Waals surface area contributed by atoms with E-state index in [0.29, 0.717) is 5.56 Å². The molecule has 2 N–H and O–H groups in total. The quantitative estimate of drug-likeness (QED) is 0.347. The summed E-state index contributed by atoms with van der Waals surface area (Å²) in [6.45, 7) is 1.61. The average molecular weight is 505 g/mol. The Kier molecular flexibility index (Phi) is 7.89. The number of alkyl halides is 3. The first-order valence-corrected chi connectivity index (χ1v) is 10.0. The molecule has 2 heterocycles. The van der Waals surface area contributed by atoms with E-state index in [4.69, 9.17) is 14.6 Å². The molecule has 0 unspecified atom stereocenters. The summed E-state index contributed by atoms with van der Waals surface area (Å²) in [7, 11) is 4.14. The molecule has 3 amide bonds. The number of methoxy groups -OCH3 is 1. The van der Waals surface area contributed by atoms with Crippen LogP contribution in [0.25, 0.3) is 0 Å². The van der Waals surface area contributed by atoms with Gasteiger partial charge in [0, 0.05) is 32.2 Å².